The summed E-state index contributed by atoms with van der Waals surface area (Å²) in [5.74, 6) is -0.142. The van der Waals surface area contributed by atoms with Crippen LogP contribution in [0.1, 0.15) is 15.9 Å². The molecule has 1 aromatic carbocycles. The van der Waals surface area contributed by atoms with E-state index in [1.54, 1.807) is 13.1 Å². The fraction of sp³-hybridized carbons (Fsp3) is 0.0909. The molecule has 2 rings (SSSR count). The molecule has 0 bridgehead atoms. The smallest absolute Gasteiger partial charge is 0.270 e. The highest BCUT2D eigenvalue weighted by Crippen LogP contribution is 2.18. The number of rotatable bonds is 3. The van der Waals surface area contributed by atoms with Crippen LogP contribution in [0.15, 0.2) is 30.6 Å². The molecule has 0 aliphatic heterocycles. The predicted molar refractivity (Wildman–Crippen MR) is 64.4 cm³/mol. The lowest BCUT2D eigenvalue weighted by atomic mass is 10.1. The Morgan fingerprint density at radius 2 is 2.28 bits per heavy atom. The van der Waals surface area contributed by atoms with Gasteiger partial charge in [0.1, 0.15) is 0 Å². The number of benzene rings is 1. The Morgan fingerprint density at radius 3 is 2.89 bits per heavy atom. The zero-order valence-electron chi connectivity index (χ0n) is 9.51. The van der Waals surface area contributed by atoms with E-state index in [9.17, 15) is 14.9 Å². The fourth-order valence-corrected chi connectivity index (χ4v) is 1.48. The van der Waals surface area contributed by atoms with Gasteiger partial charge in [-0.05, 0) is 12.5 Å². The van der Waals surface area contributed by atoms with E-state index in [1.165, 1.54) is 24.4 Å². The van der Waals surface area contributed by atoms with Gasteiger partial charge in [-0.3, -0.25) is 20.2 Å². The molecular formula is C11H10N4O3. The number of aryl methyl sites for hydroxylation is 1. The second-order valence-corrected chi connectivity index (χ2v) is 3.65. The van der Waals surface area contributed by atoms with Gasteiger partial charge in [-0.1, -0.05) is 6.07 Å². The molecule has 0 atom stereocenters. The third-order valence-corrected chi connectivity index (χ3v) is 2.41. The summed E-state index contributed by atoms with van der Waals surface area (Å²) in [6.07, 6.45) is 3.06. The van der Waals surface area contributed by atoms with Gasteiger partial charge in [0.2, 0.25) is 5.95 Å². The van der Waals surface area contributed by atoms with Gasteiger partial charge in [-0.25, -0.2) is 4.98 Å². The second kappa shape index (κ2) is 4.66. The van der Waals surface area contributed by atoms with E-state index < -0.39 is 10.8 Å². The van der Waals surface area contributed by atoms with Gasteiger partial charge in [0.15, 0.2) is 0 Å². The van der Waals surface area contributed by atoms with Crippen molar-refractivity contribution in [1.29, 1.82) is 0 Å². The largest absolute Gasteiger partial charge is 0.331 e. The molecule has 92 valence electrons. The highest BCUT2D eigenvalue weighted by atomic mass is 16.6. The molecule has 7 nitrogen and oxygen atoms in total. The average Bonchev–Trinajstić information content (AvgIpc) is 2.81. The Hall–Kier alpha value is -2.70. The number of aromatic nitrogens is 2. The van der Waals surface area contributed by atoms with E-state index in [0.29, 0.717) is 11.5 Å². The van der Waals surface area contributed by atoms with Crippen LogP contribution in [0, 0.1) is 17.0 Å². The summed E-state index contributed by atoms with van der Waals surface area (Å²) in [7, 11) is 0. The van der Waals surface area contributed by atoms with Crippen molar-refractivity contribution in [3.05, 3.63) is 51.8 Å². The molecule has 0 fully saturated rings. The first-order valence-corrected chi connectivity index (χ1v) is 5.13. The molecule has 0 aliphatic rings. The maximum atomic E-state index is 11.9. The summed E-state index contributed by atoms with van der Waals surface area (Å²) in [5.41, 5.74) is 0.787. The van der Waals surface area contributed by atoms with Gasteiger partial charge in [-0.15, -0.1) is 0 Å². The van der Waals surface area contributed by atoms with Crippen LogP contribution in [-0.2, 0) is 0 Å². The van der Waals surface area contributed by atoms with E-state index in [2.05, 4.69) is 15.3 Å². The van der Waals surface area contributed by atoms with Gasteiger partial charge in [0.05, 0.1) is 4.92 Å². The molecule has 1 amide bonds. The van der Waals surface area contributed by atoms with E-state index >= 15 is 0 Å². The lowest BCUT2D eigenvalue weighted by Crippen LogP contribution is -2.14. The van der Waals surface area contributed by atoms with E-state index in [1.807, 2.05) is 0 Å². The molecule has 1 heterocycles. The minimum Gasteiger partial charge on any atom is -0.331 e. The number of carbonyl (C=O) groups excluding carboxylic acids is 1. The van der Waals surface area contributed by atoms with Gasteiger partial charge in [0.25, 0.3) is 11.6 Å². The summed E-state index contributed by atoms with van der Waals surface area (Å²) < 4.78 is 0. The Labute approximate surface area is 102 Å². The molecule has 0 unspecified atom stereocenters. The normalized spacial score (nSPS) is 10.1. The minimum atomic E-state index is -0.539. The molecule has 7 heteroatoms. The topological polar surface area (TPSA) is 101 Å². The van der Waals surface area contributed by atoms with Gasteiger partial charge in [0, 0.05) is 30.1 Å². The van der Waals surface area contributed by atoms with Crippen molar-refractivity contribution < 1.29 is 9.72 Å². The van der Waals surface area contributed by atoms with Gasteiger partial charge in [-0.2, -0.15) is 0 Å². The SMILES string of the molecule is Cc1ccc([N+](=O)[O-])cc1C(=O)Nc1ncc[nH]1. The van der Waals surface area contributed by atoms with E-state index in [0.717, 1.165) is 0 Å². The molecule has 1 aromatic heterocycles. The van der Waals surface area contributed by atoms with Crippen molar-refractivity contribution in [3.8, 4) is 0 Å². The molecule has 2 N–H and O–H groups in total. The molecule has 18 heavy (non-hydrogen) atoms. The molecule has 0 spiro atoms. The van der Waals surface area contributed by atoms with Crippen LogP contribution in [0.2, 0.25) is 0 Å². The third kappa shape index (κ3) is 2.34. The predicted octanol–water partition coefficient (Wildman–Crippen LogP) is 1.88. The molecule has 0 saturated heterocycles. The number of hydrogen-bond acceptors (Lipinski definition) is 4. The number of hydrogen-bond donors (Lipinski definition) is 2. The molecule has 0 radical (unpaired) electrons. The first kappa shape index (κ1) is 11.8. The van der Waals surface area contributed by atoms with Crippen LogP contribution in [0.25, 0.3) is 0 Å². The number of nitrogens with one attached hydrogen (secondary N) is 2. The summed E-state index contributed by atoms with van der Waals surface area (Å²) in [6.45, 7) is 1.71. The maximum Gasteiger partial charge on any atom is 0.270 e. The number of anilines is 1. The monoisotopic (exact) mass is 246 g/mol. The van der Waals surface area contributed by atoms with Crippen molar-refractivity contribution in [2.75, 3.05) is 5.32 Å². The lowest BCUT2D eigenvalue weighted by molar-refractivity contribution is -0.384. The number of aromatic amines is 1. The number of carbonyl (C=O) groups is 1. The number of non-ortho nitro benzene ring substituents is 1. The van der Waals surface area contributed by atoms with E-state index in [4.69, 9.17) is 0 Å². The summed E-state index contributed by atoms with van der Waals surface area (Å²) in [4.78, 5) is 28.6. The lowest BCUT2D eigenvalue weighted by Gasteiger charge is -2.05. The zero-order chi connectivity index (χ0) is 13.1. The summed E-state index contributed by atoms with van der Waals surface area (Å²) in [5, 5.41) is 13.2. The van der Waals surface area contributed by atoms with Gasteiger partial charge >= 0.3 is 0 Å². The number of amides is 1. The molecular weight excluding hydrogens is 236 g/mol. The van der Waals surface area contributed by atoms with Crippen molar-refractivity contribution in [3.63, 3.8) is 0 Å². The van der Waals surface area contributed by atoms with Crippen molar-refractivity contribution in [1.82, 2.24) is 9.97 Å². The van der Waals surface area contributed by atoms with Crippen LogP contribution in [0.4, 0.5) is 11.6 Å². The molecule has 0 aliphatic carbocycles. The van der Waals surface area contributed by atoms with Crippen molar-refractivity contribution in [2.45, 2.75) is 6.92 Å². The third-order valence-electron chi connectivity index (χ3n) is 2.41. The molecule has 0 saturated carbocycles. The van der Waals surface area contributed by atoms with Gasteiger partial charge < -0.3 is 4.98 Å². The highest BCUT2D eigenvalue weighted by molar-refractivity contribution is 6.04. The standard InChI is InChI=1S/C11H10N4O3/c1-7-2-3-8(15(17)18)6-9(7)10(16)14-11-12-4-5-13-11/h2-6H,1H3,(H2,12,13,14,16). The number of nitro groups is 1. The van der Waals surface area contributed by atoms with Crippen LogP contribution in [-0.4, -0.2) is 20.8 Å². The Balaban J connectivity index is 2.29. The number of nitrogens with zero attached hydrogens (tertiary/aromatic N) is 2. The van der Waals surface area contributed by atoms with Crippen molar-refractivity contribution in [2.24, 2.45) is 0 Å². The van der Waals surface area contributed by atoms with Crippen LogP contribution < -0.4 is 5.32 Å². The number of nitro benzene ring substituents is 1. The van der Waals surface area contributed by atoms with E-state index in [-0.39, 0.29) is 11.3 Å². The average molecular weight is 246 g/mol. The van der Waals surface area contributed by atoms with Crippen LogP contribution in [0.5, 0.6) is 0 Å². The highest BCUT2D eigenvalue weighted by Gasteiger charge is 2.15. The maximum absolute atomic E-state index is 11.9. The van der Waals surface area contributed by atoms with Crippen molar-refractivity contribution >= 4 is 17.5 Å². The zero-order valence-corrected chi connectivity index (χ0v) is 9.51. The minimum absolute atomic E-state index is 0.120. The molecule has 2 aromatic rings. The second-order valence-electron chi connectivity index (χ2n) is 3.65. The van der Waals surface area contributed by atoms with Crippen LogP contribution >= 0.6 is 0 Å². The first-order valence-electron chi connectivity index (χ1n) is 5.13. The Bertz CT molecular complexity index is 592. The Morgan fingerprint density at radius 1 is 1.50 bits per heavy atom. The summed E-state index contributed by atoms with van der Waals surface area (Å²) in [6, 6.07) is 4.14. The first-order chi connectivity index (χ1) is 8.58. The fourth-order valence-electron chi connectivity index (χ4n) is 1.48. The van der Waals surface area contributed by atoms with Crippen LogP contribution in [0.3, 0.4) is 0 Å². The summed E-state index contributed by atoms with van der Waals surface area (Å²) >= 11 is 0. The number of imidazole rings is 1. The Kier molecular flexibility index (Phi) is 3.05. The number of H-pyrrole nitrogens is 1. The quantitative estimate of drug-likeness (QED) is 0.637.